The SMILES string of the molecule is CN(CCCCCC(=O)NO)Cc1cc2nc(-c3cccc4[nH]ncc34)nc(N3CCOCC3)c2s1. The molecule has 0 bridgehead atoms. The second-order valence-electron chi connectivity index (χ2n) is 9.12. The van der Waals surface area contributed by atoms with Crippen LogP contribution < -0.4 is 10.4 Å². The molecule has 36 heavy (non-hydrogen) atoms. The third-order valence-corrected chi connectivity index (χ3v) is 7.54. The van der Waals surface area contributed by atoms with Gasteiger partial charge in [0.2, 0.25) is 5.91 Å². The molecule has 0 radical (unpaired) electrons. The van der Waals surface area contributed by atoms with Crippen LogP contribution in [0.4, 0.5) is 5.82 Å². The van der Waals surface area contributed by atoms with Crippen LogP contribution in [0.5, 0.6) is 0 Å². The van der Waals surface area contributed by atoms with E-state index in [1.165, 1.54) is 4.88 Å². The van der Waals surface area contributed by atoms with Crippen LogP contribution in [0, 0.1) is 0 Å². The molecule has 190 valence electrons. The van der Waals surface area contributed by atoms with Crippen molar-refractivity contribution in [2.24, 2.45) is 0 Å². The summed E-state index contributed by atoms with van der Waals surface area (Å²) in [6.45, 7) is 4.77. The van der Waals surface area contributed by atoms with E-state index in [0.29, 0.717) is 25.5 Å². The number of thiophene rings is 1. The summed E-state index contributed by atoms with van der Waals surface area (Å²) in [5.74, 6) is 1.36. The second-order valence-corrected chi connectivity index (χ2v) is 10.3. The van der Waals surface area contributed by atoms with Crippen molar-refractivity contribution in [2.45, 2.75) is 32.2 Å². The van der Waals surface area contributed by atoms with Crippen molar-refractivity contribution in [1.29, 1.82) is 0 Å². The average molecular weight is 510 g/mol. The largest absolute Gasteiger partial charge is 0.378 e. The lowest BCUT2D eigenvalue weighted by Crippen LogP contribution is -2.36. The fourth-order valence-electron chi connectivity index (χ4n) is 4.56. The van der Waals surface area contributed by atoms with E-state index in [1.807, 2.05) is 24.4 Å². The minimum Gasteiger partial charge on any atom is -0.378 e. The van der Waals surface area contributed by atoms with Gasteiger partial charge in [-0.1, -0.05) is 18.6 Å². The number of hydrogen-bond donors (Lipinski definition) is 3. The van der Waals surface area contributed by atoms with E-state index in [-0.39, 0.29) is 5.91 Å². The Bertz CT molecular complexity index is 1330. The van der Waals surface area contributed by atoms with E-state index >= 15 is 0 Å². The number of carbonyl (C=O) groups excluding carboxylic acids is 1. The number of amides is 1. The number of aromatic amines is 1. The quantitative estimate of drug-likeness (QED) is 0.169. The highest BCUT2D eigenvalue weighted by Gasteiger charge is 2.21. The molecule has 4 aromatic rings. The molecule has 1 aromatic carbocycles. The standard InChI is InChI=1S/C25H31N7O3S/c1-31(9-4-2-3-8-22(33)30-34)16-17-14-21-23(36-17)25(32-10-12-35-13-11-32)28-24(27-21)18-6-5-7-20-19(18)15-26-29-20/h5-7,14-15,34H,2-4,8-13,16H2,1H3,(H,26,29)(H,30,33). The molecule has 0 saturated carbocycles. The van der Waals surface area contributed by atoms with E-state index in [0.717, 1.165) is 77.9 Å². The van der Waals surface area contributed by atoms with Gasteiger partial charge in [0.05, 0.1) is 35.1 Å². The molecule has 1 amide bonds. The first-order valence-electron chi connectivity index (χ1n) is 12.3. The molecule has 0 spiro atoms. The van der Waals surface area contributed by atoms with Crippen molar-refractivity contribution in [2.75, 3.05) is 44.8 Å². The first-order valence-corrected chi connectivity index (χ1v) is 13.1. The zero-order valence-corrected chi connectivity index (χ0v) is 21.2. The van der Waals surface area contributed by atoms with Crippen LogP contribution in [0.1, 0.15) is 30.6 Å². The first kappa shape index (κ1) is 24.6. The van der Waals surface area contributed by atoms with Crippen LogP contribution in [-0.2, 0) is 16.1 Å². The lowest BCUT2D eigenvalue weighted by molar-refractivity contribution is -0.129. The summed E-state index contributed by atoms with van der Waals surface area (Å²) in [5.41, 5.74) is 4.59. The van der Waals surface area contributed by atoms with Gasteiger partial charge in [-0.25, -0.2) is 15.4 Å². The average Bonchev–Trinajstić information content (AvgIpc) is 3.54. The Hall–Kier alpha value is -3.12. The lowest BCUT2D eigenvalue weighted by Gasteiger charge is -2.28. The van der Waals surface area contributed by atoms with E-state index in [9.17, 15) is 4.79 Å². The Balaban J connectivity index is 1.38. The highest BCUT2D eigenvalue weighted by atomic mass is 32.1. The minimum atomic E-state index is -0.325. The predicted octanol–water partition coefficient (Wildman–Crippen LogP) is 3.57. The molecule has 4 heterocycles. The van der Waals surface area contributed by atoms with Crippen molar-refractivity contribution < 1.29 is 14.7 Å². The molecule has 3 aromatic heterocycles. The van der Waals surface area contributed by atoms with Gasteiger partial charge in [-0.2, -0.15) is 5.10 Å². The number of nitrogens with one attached hydrogen (secondary N) is 2. The maximum Gasteiger partial charge on any atom is 0.243 e. The van der Waals surface area contributed by atoms with Crippen molar-refractivity contribution in [3.8, 4) is 11.4 Å². The van der Waals surface area contributed by atoms with Gasteiger partial charge in [-0.3, -0.25) is 15.1 Å². The van der Waals surface area contributed by atoms with Crippen LogP contribution in [0.25, 0.3) is 32.5 Å². The maximum atomic E-state index is 11.1. The van der Waals surface area contributed by atoms with Gasteiger partial charge >= 0.3 is 0 Å². The molecule has 10 nitrogen and oxygen atoms in total. The maximum absolute atomic E-state index is 11.1. The minimum absolute atomic E-state index is 0.325. The first-order chi connectivity index (χ1) is 17.6. The van der Waals surface area contributed by atoms with E-state index < -0.39 is 0 Å². The number of carbonyl (C=O) groups is 1. The number of hydroxylamine groups is 1. The number of nitrogens with zero attached hydrogens (tertiary/aromatic N) is 5. The highest BCUT2D eigenvalue weighted by molar-refractivity contribution is 7.19. The molecule has 5 rings (SSSR count). The molecular weight excluding hydrogens is 478 g/mol. The fraction of sp³-hybridized carbons (Fsp3) is 0.440. The monoisotopic (exact) mass is 509 g/mol. The summed E-state index contributed by atoms with van der Waals surface area (Å²) in [6, 6.07) is 8.25. The van der Waals surface area contributed by atoms with Crippen molar-refractivity contribution >= 4 is 44.2 Å². The summed E-state index contributed by atoms with van der Waals surface area (Å²) in [7, 11) is 2.12. The normalized spacial score (nSPS) is 14.2. The Morgan fingerprint density at radius 2 is 2.11 bits per heavy atom. The van der Waals surface area contributed by atoms with E-state index in [1.54, 1.807) is 16.8 Å². The Labute approximate surface area is 213 Å². The van der Waals surface area contributed by atoms with E-state index in [2.05, 4.69) is 33.1 Å². The number of ether oxygens (including phenoxy) is 1. The molecule has 1 aliphatic heterocycles. The molecular formula is C25H31N7O3S. The van der Waals surface area contributed by atoms with Crippen molar-refractivity contribution in [3.63, 3.8) is 0 Å². The number of H-pyrrole nitrogens is 1. The number of morpholine rings is 1. The molecule has 0 unspecified atom stereocenters. The third kappa shape index (κ3) is 5.49. The third-order valence-electron chi connectivity index (χ3n) is 6.44. The molecule has 3 N–H and O–H groups in total. The van der Waals surface area contributed by atoms with Crippen molar-refractivity contribution in [1.82, 2.24) is 30.5 Å². The Kier molecular flexibility index (Phi) is 7.71. The Morgan fingerprint density at radius 1 is 1.25 bits per heavy atom. The smallest absolute Gasteiger partial charge is 0.243 e. The van der Waals surface area contributed by atoms with Crippen LogP contribution >= 0.6 is 11.3 Å². The topological polar surface area (TPSA) is 120 Å². The second kappa shape index (κ2) is 11.3. The van der Waals surface area contributed by atoms with Crippen LogP contribution in [0.2, 0.25) is 0 Å². The summed E-state index contributed by atoms with van der Waals surface area (Å²) < 4.78 is 6.70. The summed E-state index contributed by atoms with van der Waals surface area (Å²) in [5, 5.41) is 16.8. The number of hydrogen-bond acceptors (Lipinski definition) is 9. The summed E-state index contributed by atoms with van der Waals surface area (Å²) in [6.07, 6.45) is 4.90. The number of fused-ring (bicyclic) bond motifs is 2. The fourth-order valence-corrected chi connectivity index (χ4v) is 5.75. The number of rotatable bonds is 10. The van der Waals surface area contributed by atoms with E-state index in [4.69, 9.17) is 19.9 Å². The summed E-state index contributed by atoms with van der Waals surface area (Å²) >= 11 is 1.76. The van der Waals surface area contributed by atoms with Crippen LogP contribution in [0.3, 0.4) is 0 Å². The van der Waals surface area contributed by atoms with Gasteiger partial charge in [0, 0.05) is 41.9 Å². The Morgan fingerprint density at radius 3 is 2.94 bits per heavy atom. The number of aromatic nitrogens is 4. The van der Waals surface area contributed by atoms with Crippen LogP contribution in [0.15, 0.2) is 30.5 Å². The van der Waals surface area contributed by atoms with Gasteiger partial charge in [0.15, 0.2) is 11.6 Å². The number of unbranched alkanes of at least 4 members (excludes halogenated alkanes) is 2. The molecule has 11 heteroatoms. The molecule has 0 aliphatic carbocycles. The van der Waals surface area contributed by atoms with Crippen LogP contribution in [-0.4, -0.2) is 76.1 Å². The van der Waals surface area contributed by atoms with Gasteiger partial charge in [-0.05, 0) is 38.6 Å². The highest BCUT2D eigenvalue weighted by Crippen LogP contribution is 2.36. The van der Waals surface area contributed by atoms with Gasteiger partial charge in [-0.15, -0.1) is 11.3 Å². The molecule has 0 atom stereocenters. The predicted molar refractivity (Wildman–Crippen MR) is 140 cm³/mol. The zero-order chi connectivity index (χ0) is 24.9. The molecule has 1 fully saturated rings. The van der Waals surface area contributed by atoms with Gasteiger partial charge in [0.1, 0.15) is 0 Å². The number of anilines is 1. The zero-order valence-electron chi connectivity index (χ0n) is 20.4. The molecule has 1 aliphatic rings. The summed E-state index contributed by atoms with van der Waals surface area (Å²) in [4.78, 5) is 27.1. The molecule has 1 saturated heterocycles. The van der Waals surface area contributed by atoms with Crippen molar-refractivity contribution in [3.05, 3.63) is 35.3 Å². The lowest BCUT2D eigenvalue weighted by atomic mass is 10.1. The van der Waals surface area contributed by atoms with Gasteiger partial charge in [0.25, 0.3) is 0 Å². The number of benzene rings is 1. The van der Waals surface area contributed by atoms with Gasteiger partial charge < -0.3 is 14.5 Å².